The summed E-state index contributed by atoms with van der Waals surface area (Å²) in [6.07, 6.45) is 0. The molecule has 0 spiro atoms. The Hall–Kier alpha value is -2.24. The van der Waals surface area contributed by atoms with Gasteiger partial charge in [0.25, 0.3) is 0 Å². The molecule has 0 heterocycles. The number of carbonyl (C=O) groups excluding carboxylic acids is 2. The second-order valence-electron chi connectivity index (χ2n) is 3.93. The summed E-state index contributed by atoms with van der Waals surface area (Å²) >= 11 is 0. The van der Waals surface area contributed by atoms with Crippen molar-refractivity contribution in [1.29, 1.82) is 0 Å². The minimum atomic E-state index is -0.439. The molecule has 0 aliphatic carbocycles. The summed E-state index contributed by atoms with van der Waals surface area (Å²) in [5.41, 5.74) is 7.20. The van der Waals surface area contributed by atoms with Crippen LogP contribution in [0.5, 0.6) is 0 Å². The summed E-state index contributed by atoms with van der Waals surface area (Å²) in [5, 5.41) is 5.75. The van der Waals surface area contributed by atoms with Crippen molar-refractivity contribution in [2.75, 3.05) is 30.7 Å². The predicted octanol–water partition coefficient (Wildman–Crippen LogP) is 0.993. The maximum absolute atomic E-state index is 11.7. The van der Waals surface area contributed by atoms with Crippen LogP contribution in [0.3, 0.4) is 0 Å². The van der Waals surface area contributed by atoms with Gasteiger partial charge < -0.3 is 21.1 Å². The molecule has 1 amide bonds. The lowest BCUT2D eigenvalue weighted by Gasteiger charge is -2.10. The molecule has 104 valence electrons. The van der Waals surface area contributed by atoms with E-state index in [1.165, 1.54) is 6.92 Å². The summed E-state index contributed by atoms with van der Waals surface area (Å²) in [6.45, 7) is 4.57. The van der Waals surface area contributed by atoms with E-state index in [9.17, 15) is 9.59 Å². The summed E-state index contributed by atoms with van der Waals surface area (Å²) in [6, 6.07) is 5.06. The Morgan fingerprint density at radius 3 is 2.68 bits per heavy atom. The Morgan fingerprint density at radius 2 is 2.05 bits per heavy atom. The maximum Gasteiger partial charge on any atom is 0.340 e. The molecule has 0 aliphatic rings. The van der Waals surface area contributed by atoms with Crippen LogP contribution in [0.1, 0.15) is 24.2 Å². The van der Waals surface area contributed by atoms with Crippen LogP contribution in [-0.4, -0.2) is 31.6 Å². The number of anilines is 2. The van der Waals surface area contributed by atoms with Crippen LogP contribution in [0.25, 0.3) is 0 Å². The highest BCUT2D eigenvalue weighted by molar-refractivity contribution is 5.96. The maximum atomic E-state index is 11.7. The Kier molecular flexibility index (Phi) is 5.66. The van der Waals surface area contributed by atoms with Gasteiger partial charge in [-0.3, -0.25) is 4.79 Å². The van der Waals surface area contributed by atoms with Gasteiger partial charge >= 0.3 is 5.97 Å². The fraction of sp³-hybridized carbons (Fsp3) is 0.385. The fourth-order valence-electron chi connectivity index (χ4n) is 1.50. The van der Waals surface area contributed by atoms with Crippen LogP contribution in [-0.2, 0) is 9.53 Å². The first kappa shape index (κ1) is 14.8. The van der Waals surface area contributed by atoms with Gasteiger partial charge in [0.2, 0.25) is 5.91 Å². The second-order valence-corrected chi connectivity index (χ2v) is 3.93. The Balaban J connectivity index is 2.63. The van der Waals surface area contributed by atoms with Gasteiger partial charge in [0.15, 0.2) is 0 Å². The molecule has 0 radical (unpaired) electrons. The number of rotatable bonds is 6. The molecule has 0 fully saturated rings. The zero-order chi connectivity index (χ0) is 14.3. The zero-order valence-corrected chi connectivity index (χ0v) is 11.2. The Morgan fingerprint density at radius 1 is 1.32 bits per heavy atom. The molecule has 0 bridgehead atoms. The van der Waals surface area contributed by atoms with Gasteiger partial charge in [-0.2, -0.15) is 0 Å². The van der Waals surface area contributed by atoms with E-state index in [4.69, 9.17) is 10.5 Å². The van der Waals surface area contributed by atoms with Crippen molar-refractivity contribution in [3.8, 4) is 0 Å². The van der Waals surface area contributed by atoms with Crippen molar-refractivity contribution in [3.05, 3.63) is 23.8 Å². The summed E-state index contributed by atoms with van der Waals surface area (Å²) in [5.74, 6) is -0.517. The topological polar surface area (TPSA) is 93.5 Å². The molecule has 0 atom stereocenters. The zero-order valence-electron chi connectivity index (χ0n) is 11.2. The van der Waals surface area contributed by atoms with Gasteiger partial charge in [-0.1, -0.05) is 0 Å². The van der Waals surface area contributed by atoms with Crippen LogP contribution in [0.2, 0.25) is 0 Å². The van der Waals surface area contributed by atoms with Crippen molar-refractivity contribution in [2.24, 2.45) is 0 Å². The number of nitrogen functional groups attached to an aromatic ring is 1. The number of benzene rings is 1. The number of hydrogen-bond acceptors (Lipinski definition) is 5. The average Bonchev–Trinajstić information content (AvgIpc) is 2.36. The van der Waals surface area contributed by atoms with E-state index >= 15 is 0 Å². The van der Waals surface area contributed by atoms with Crippen molar-refractivity contribution in [2.45, 2.75) is 13.8 Å². The molecular formula is C13H19N3O3. The first-order valence-corrected chi connectivity index (χ1v) is 6.09. The predicted molar refractivity (Wildman–Crippen MR) is 74.0 cm³/mol. The first-order valence-electron chi connectivity index (χ1n) is 6.09. The summed E-state index contributed by atoms with van der Waals surface area (Å²) in [4.78, 5) is 22.3. The number of carbonyl (C=O) groups is 2. The summed E-state index contributed by atoms with van der Waals surface area (Å²) in [7, 11) is 0. The summed E-state index contributed by atoms with van der Waals surface area (Å²) < 4.78 is 4.92. The highest BCUT2D eigenvalue weighted by Crippen LogP contribution is 2.18. The monoisotopic (exact) mass is 265 g/mol. The van der Waals surface area contributed by atoms with Crippen LogP contribution in [0.15, 0.2) is 18.2 Å². The first-order chi connectivity index (χ1) is 9.04. The number of nitrogens with two attached hydrogens (primary N) is 1. The molecule has 1 aromatic carbocycles. The van der Waals surface area contributed by atoms with Crippen LogP contribution < -0.4 is 16.4 Å². The van der Waals surface area contributed by atoms with E-state index < -0.39 is 5.97 Å². The third-order valence-corrected chi connectivity index (χ3v) is 2.38. The second kappa shape index (κ2) is 7.25. The minimum Gasteiger partial charge on any atom is -0.462 e. The van der Waals surface area contributed by atoms with E-state index in [2.05, 4.69) is 10.6 Å². The Labute approximate surface area is 112 Å². The third-order valence-electron chi connectivity index (χ3n) is 2.38. The largest absolute Gasteiger partial charge is 0.462 e. The van der Waals surface area contributed by atoms with Gasteiger partial charge in [-0.05, 0) is 25.1 Å². The van der Waals surface area contributed by atoms with Gasteiger partial charge in [-0.15, -0.1) is 0 Å². The van der Waals surface area contributed by atoms with Gasteiger partial charge in [0, 0.05) is 31.4 Å². The van der Waals surface area contributed by atoms with Crippen LogP contribution in [0, 0.1) is 0 Å². The Bertz CT molecular complexity index is 460. The van der Waals surface area contributed by atoms with Crippen LogP contribution >= 0.6 is 0 Å². The lowest BCUT2D eigenvalue weighted by atomic mass is 10.1. The molecule has 6 heteroatoms. The molecule has 0 saturated carbocycles. The van der Waals surface area contributed by atoms with Crippen molar-refractivity contribution < 1.29 is 14.3 Å². The van der Waals surface area contributed by atoms with E-state index in [1.807, 2.05) is 0 Å². The van der Waals surface area contributed by atoms with Gasteiger partial charge in [0.1, 0.15) is 0 Å². The molecule has 1 aromatic rings. The highest BCUT2D eigenvalue weighted by atomic mass is 16.5. The van der Waals surface area contributed by atoms with E-state index in [0.717, 1.165) is 5.69 Å². The quantitative estimate of drug-likeness (QED) is 0.405. The van der Waals surface area contributed by atoms with Gasteiger partial charge in [-0.25, -0.2) is 4.79 Å². The van der Waals surface area contributed by atoms with E-state index in [-0.39, 0.29) is 5.91 Å². The van der Waals surface area contributed by atoms with Crippen molar-refractivity contribution in [1.82, 2.24) is 5.32 Å². The molecule has 1 rings (SSSR count). The molecule has 19 heavy (non-hydrogen) atoms. The normalized spacial score (nSPS) is 9.79. The van der Waals surface area contributed by atoms with Crippen LogP contribution in [0.4, 0.5) is 11.4 Å². The molecule has 0 unspecified atom stereocenters. The molecule has 0 saturated heterocycles. The number of ether oxygens (including phenoxy) is 1. The number of hydrogen-bond donors (Lipinski definition) is 3. The SMILES string of the molecule is CCOC(=O)c1cc(NCCNC(C)=O)ccc1N. The standard InChI is InChI=1S/C13H19N3O3/c1-3-19-13(18)11-8-10(4-5-12(11)14)16-7-6-15-9(2)17/h4-5,8,16H,3,6-7,14H2,1-2H3,(H,15,17). The number of amides is 1. The average molecular weight is 265 g/mol. The molecule has 6 nitrogen and oxygen atoms in total. The number of nitrogens with one attached hydrogen (secondary N) is 2. The van der Waals surface area contributed by atoms with E-state index in [0.29, 0.717) is 30.9 Å². The minimum absolute atomic E-state index is 0.0775. The van der Waals surface area contributed by atoms with E-state index in [1.54, 1.807) is 25.1 Å². The van der Waals surface area contributed by atoms with Crippen molar-refractivity contribution in [3.63, 3.8) is 0 Å². The lowest BCUT2D eigenvalue weighted by Crippen LogP contribution is -2.26. The molecule has 4 N–H and O–H groups in total. The fourth-order valence-corrected chi connectivity index (χ4v) is 1.50. The molecular weight excluding hydrogens is 246 g/mol. The number of esters is 1. The smallest absolute Gasteiger partial charge is 0.340 e. The highest BCUT2D eigenvalue weighted by Gasteiger charge is 2.11. The lowest BCUT2D eigenvalue weighted by molar-refractivity contribution is -0.118. The van der Waals surface area contributed by atoms with Gasteiger partial charge in [0.05, 0.1) is 12.2 Å². The van der Waals surface area contributed by atoms with Crippen molar-refractivity contribution >= 4 is 23.3 Å². The third kappa shape index (κ3) is 4.87. The molecule has 0 aliphatic heterocycles. The molecule has 0 aromatic heterocycles.